The summed E-state index contributed by atoms with van der Waals surface area (Å²) in [4.78, 5) is 21.2. The molecule has 3 aromatic rings. The standard InChI is InChI=1S/C13H9ClN4O2S2/c1-7-10(13(19)20-6-9-11(14)22-18-17-9)21-12(16-7)8-4-2-3-5-15-8/h2-5H,6H2,1H3. The van der Waals surface area contributed by atoms with Crippen molar-refractivity contribution in [3.63, 3.8) is 0 Å². The largest absolute Gasteiger partial charge is 0.455 e. The summed E-state index contributed by atoms with van der Waals surface area (Å²) in [6.07, 6.45) is 1.68. The first-order chi connectivity index (χ1) is 10.6. The topological polar surface area (TPSA) is 77.9 Å². The number of carbonyl (C=O) groups excluding carboxylic acids is 1. The van der Waals surface area contributed by atoms with Crippen molar-refractivity contribution in [3.8, 4) is 10.7 Å². The van der Waals surface area contributed by atoms with Gasteiger partial charge in [0.05, 0.1) is 11.4 Å². The maximum Gasteiger partial charge on any atom is 0.350 e. The number of carbonyl (C=O) groups is 1. The lowest BCUT2D eigenvalue weighted by molar-refractivity contribution is 0.0472. The summed E-state index contributed by atoms with van der Waals surface area (Å²) in [5.41, 5.74) is 1.78. The number of thiazole rings is 1. The zero-order valence-corrected chi connectivity index (χ0v) is 13.7. The van der Waals surface area contributed by atoms with E-state index >= 15 is 0 Å². The molecule has 0 unspecified atom stereocenters. The van der Waals surface area contributed by atoms with E-state index in [4.69, 9.17) is 16.3 Å². The van der Waals surface area contributed by atoms with Gasteiger partial charge in [0, 0.05) is 17.7 Å². The molecule has 0 spiro atoms. The molecule has 0 aliphatic heterocycles. The Morgan fingerprint density at radius 1 is 1.41 bits per heavy atom. The smallest absolute Gasteiger partial charge is 0.350 e. The van der Waals surface area contributed by atoms with Gasteiger partial charge in [-0.25, -0.2) is 9.78 Å². The first-order valence-electron chi connectivity index (χ1n) is 6.18. The molecular formula is C13H9ClN4O2S2. The molecule has 0 saturated carbocycles. The van der Waals surface area contributed by atoms with E-state index in [9.17, 15) is 4.79 Å². The van der Waals surface area contributed by atoms with Crippen LogP contribution in [-0.4, -0.2) is 25.5 Å². The molecule has 3 rings (SSSR count). The van der Waals surface area contributed by atoms with E-state index in [2.05, 4.69) is 19.6 Å². The highest BCUT2D eigenvalue weighted by molar-refractivity contribution is 7.17. The van der Waals surface area contributed by atoms with Crippen LogP contribution in [0.1, 0.15) is 21.1 Å². The zero-order chi connectivity index (χ0) is 15.5. The highest BCUT2D eigenvalue weighted by atomic mass is 35.5. The molecule has 0 aromatic carbocycles. The van der Waals surface area contributed by atoms with E-state index in [1.807, 2.05) is 18.2 Å². The van der Waals surface area contributed by atoms with Gasteiger partial charge < -0.3 is 4.74 Å². The van der Waals surface area contributed by atoms with Crippen LogP contribution in [0, 0.1) is 6.92 Å². The molecule has 0 fully saturated rings. The lowest BCUT2D eigenvalue weighted by Gasteiger charge is -2.00. The number of hydrogen-bond donors (Lipinski definition) is 0. The molecular weight excluding hydrogens is 344 g/mol. The minimum absolute atomic E-state index is 0.00950. The van der Waals surface area contributed by atoms with Crippen molar-refractivity contribution in [2.45, 2.75) is 13.5 Å². The molecule has 6 nitrogen and oxygen atoms in total. The first kappa shape index (κ1) is 15.0. The summed E-state index contributed by atoms with van der Waals surface area (Å²) in [7, 11) is 0. The fourth-order valence-electron chi connectivity index (χ4n) is 1.67. The maximum atomic E-state index is 12.2. The zero-order valence-electron chi connectivity index (χ0n) is 11.3. The maximum absolute atomic E-state index is 12.2. The van der Waals surface area contributed by atoms with E-state index in [-0.39, 0.29) is 6.61 Å². The van der Waals surface area contributed by atoms with E-state index in [1.54, 1.807) is 13.1 Å². The normalized spacial score (nSPS) is 10.6. The molecule has 9 heteroatoms. The lowest BCUT2D eigenvalue weighted by Crippen LogP contribution is -2.05. The van der Waals surface area contributed by atoms with Gasteiger partial charge in [0.25, 0.3) is 0 Å². The van der Waals surface area contributed by atoms with Crippen LogP contribution >= 0.6 is 34.5 Å². The van der Waals surface area contributed by atoms with Crippen LogP contribution < -0.4 is 0 Å². The summed E-state index contributed by atoms with van der Waals surface area (Å²) in [5.74, 6) is -0.457. The summed E-state index contributed by atoms with van der Waals surface area (Å²) in [5, 5.41) is 4.47. The number of halogens is 1. The number of hydrogen-bond acceptors (Lipinski definition) is 8. The Morgan fingerprint density at radius 3 is 2.95 bits per heavy atom. The number of pyridine rings is 1. The second kappa shape index (κ2) is 6.47. The fraction of sp³-hybridized carbons (Fsp3) is 0.154. The van der Waals surface area contributed by atoms with Gasteiger partial charge in [-0.3, -0.25) is 4.98 Å². The molecule has 0 amide bonds. The van der Waals surface area contributed by atoms with Crippen molar-refractivity contribution in [3.05, 3.63) is 45.0 Å². The van der Waals surface area contributed by atoms with Crippen LogP contribution in [0.25, 0.3) is 10.7 Å². The van der Waals surface area contributed by atoms with Gasteiger partial charge in [0.1, 0.15) is 26.5 Å². The predicted molar refractivity (Wildman–Crippen MR) is 84.1 cm³/mol. The molecule has 3 aromatic heterocycles. The third-order valence-electron chi connectivity index (χ3n) is 2.72. The molecule has 0 aliphatic carbocycles. The van der Waals surface area contributed by atoms with Gasteiger partial charge in [-0.05, 0) is 19.1 Å². The number of nitrogens with zero attached hydrogens (tertiary/aromatic N) is 4. The molecule has 112 valence electrons. The number of rotatable bonds is 4. The van der Waals surface area contributed by atoms with Crippen LogP contribution in [0.3, 0.4) is 0 Å². The quantitative estimate of drug-likeness (QED) is 0.670. The molecule has 0 saturated heterocycles. The van der Waals surface area contributed by atoms with Gasteiger partial charge in [-0.2, -0.15) is 0 Å². The average molecular weight is 353 g/mol. The van der Waals surface area contributed by atoms with Crippen molar-refractivity contribution >= 4 is 40.4 Å². The molecule has 0 aliphatic rings. The van der Waals surface area contributed by atoms with Gasteiger partial charge in [-0.1, -0.05) is 22.2 Å². The van der Waals surface area contributed by atoms with Crippen LogP contribution in [0.2, 0.25) is 4.34 Å². The van der Waals surface area contributed by atoms with Crippen molar-refractivity contribution < 1.29 is 9.53 Å². The Bertz CT molecular complexity index is 803. The molecule has 0 bridgehead atoms. The van der Waals surface area contributed by atoms with E-state index in [1.165, 1.54) is 11.3 Å². The van der Waals surface area contributed by atoms with Crippen LogP contribution in [0.4, 0.5) is 0 Å². The minimum Gasteiger partial charge on any atom is -0.455 e. The molecule has 22 heavy (non-hydrogen) atoms. The third-order valence-corrected chi connectivity index (χ3v) is 4.86. The van der Waals surface area contributed by atoms with E-state index in [0.29, 0.717) is 25.6 Å². The summed E-state index contributed by atoms with van der Waals surface area (Å²) >= 11 is 8.17. The van der Waals surface area contributed by atoms with E-state index in [0.717, 1.165) is 17.2 Å². The lowest BCUT2D eigenvalue weighted by atomic mass is 10.3. The third kappa shape index (κ3) is 3.13. The monoisotopic (exact) mass is 352 g/mol. The molecule has 0 atom stereocenters. The highest BCUT2D eigenvalue weighted by Gasteiger charge is 2.19. The van der Waals surface area contributed by atoms with Crippen molar-refractivity contribution in [1.29, 1.82) is 0 Å². The number of aromatic nitrogens is 4. The number of esters is 1. The number of ether oxygens (including phenoxy) is 1. The summed E-state index contributed by atoms with van der Waals surface area (Å²) < 4.78 is 9.32. The van der Waals surface area contributed by atoms with Crippen molar-refractivity contribution in [1.82, 2.24) is 19.6 Å². The van der Waals surface area contributed by atoms with Crippen LogP contribution in [-0.2, 0) is 11.3 Å². The SMILES string of the molecule is Cc1nc(-c2ccccn2)sc1C(=O)OCc1nnsc1Cl. The first-order valence-corrected chi connectivity index (χ1v) is 8.14. The second-order valence-electron chi connectivity index (χ2n) is 4.22. The van der Waals surface area contributed by atoms with Crippen molar-refractivity contribution in [2.75, 3.05) is 0 Å². The molecule has 3 heterocycles. The molecule has 0 radical (unpaired) electrons. The highest BCUT2D eigenvalue weighted by Crippen LogP contribution is 2.27. The summed E-state index contributed by atoms with van der Waals surface area (Å²) in [6.45, 7) is 1.75. The van der Waals surface area contributed by atoms with Gasteiger partial charge in [0.15, 0.2) is 0 Å². The Labute approximate surface area is 138 Å². The van der Waals surface area contributed by atoms with Crippen LogP contribution in [0.15, 0.2) is 24.4 Å². The van der Waals surface area contributed by atoms with Gasteiger partial charge in [-0.15, -0.1) is 16.4 Å². The Morgan fingerprint density at radius 2 is 2.27 bits per heavy atom. The number of aryl methyl sites for hydroxylation is 1. The Kier molecular flexibility index (Phi) is 4.41. The average Bonchev–Trinajstić information content (AvgIpc) is 3.12. The van der Waals surface area contributed by atoms with Gasteiger partial charge in [0.2, 0.25) is 0 Å². The summed E-state index contributed by atoms with van der Waals surface area (Å²) in [6, 6.07) is 5.53. The predicted octanol–water partition coefficient (Wildman–Crippen LogP) is 3.38. The molecule has 0 N–H and O–H groups in total. The van der Waals surface area contributed by atoms with Crippen LogP contribution in [0.5, 0.6) is 0 Å². The Balaban J connectivity index is 1.76. The van der Waals surface area contributed by atoms with E-state index < -0.39 is 5.97 Å². The van der Waals surface area contributed by atoms with Crippen molar-refractivity contribution in [2.24, 2.45) is 0 Å². The Hall–Kier alpha value is -1.90. The fourth-order valence-corrected chi connectivity index (χ4v) is 3.21. The van der Waals surface area contributed by atoms with Gasteiger partial charge >= 0.3 is 5.97 Å². The minimum atomic E-state index is -0.457. The second-order valence-corrected chi connectivity index (χ2v) is 6.57.